The first-order chi connectivity index (χ1) is 14.2. The van der Waals surface area contributed by atoms with Crippen LogP contribution in [0.3, 0.4) is 0 Å². The number of hydrogen-bond acceptors (Lipinski definition) is 3. The van der Waals surface area contributed by atoms with Gasteiger partial charge in [0.05, 0.1) is 16.4 Å². The molecule has 1 atom stereocenters. The molecule has 3 rings (SSSR count). The second-order valence-electron chi connectivity index (χ2n) is 7.11. The molecular weight excluding hydrogens is 415 g/mol. The minimum Gasteiger partial charge on any atom is -0.395 e. The predicted molar refractivity (Wildman–Crippen MR) is 112 cm³/mol. The van der Waals surface area contributed by atoms with Gasteiger partial charge < -0.3 is 10.6 Å². The Morgan fingerprint density at radius 1 is 1.17 bits per heavy atom. The number of likely N-dealkylation sites (tertiary alicyclic amines) is 1. The fourth-order valence-corrected chi connectivity index (χ4v) is 3.44. The van der Waals surface area contributed by atoms with Crippen LogP contribution < -0.4 is 5.73 Å². The van der Waals surface area contributed by atoms with Crippen LogP contribution in [0.15, 0.2) is 65.3 Å². The molecule has 0 bridgehead atoms. The van der Waals surface area contributed by atoms with Crippen molar-refractivity contribution in [1.82, 2.24) is 4.90 Å². The number of carbonyl (C=O) groups excluding carboxylic acids is 1. The van der Waals surface area contributed by atoms with Crippen LogP contribution in [0.25, 0.3) is 0 Å². The lowest BCUT2D eigenvalue weighted by Crippen LogP contribution is -2.33. The molecular formula is C22H21ClF3N3O. The van der Waals surface area contributed by atoms with Gasteiger partial charge in [0.25, 0.3) is 5.91 Å². The van der Waals surface area contributed by atoms with Gasteiger partial charge in [-0.2, -0.15) is 13.2 Å². The van der Waals surface area contributed by atoms with Crippen molar-refractivity contribution in [2.24, 2.45) is 10.7 Å². The number of para-hydroxylation sites is 1. The third kappa shape index (κ3) is 5.02. The Kier molecular flexibility index (Phi) is 6.51. The van der Waals surface area contributed by atoms with Gasteiger partial charge in [-0.3, -0.25) is 4.79 Å². The normalized spacial score (nSPS) is 18.0. The van der Waals surface area contributed by atoms with E-state index >= 15 is 0 Å². The van der Waals surface area contributed by atoms with Gasteiger partial charge in [0.15, 0.2) is 0 Å². The third-order valence-corrected chi connectivity index (χ3v) is 5.27. The molecule has 1 aliphatic rings. The highest BCUT2D eigenvalue weighted by molar-refractivity contribution is 6.33. The molecule has 0 saturated carbocycles. The number of rotatable bonds is 4. The zero-order valence-electron chi connectivity index (χ0n) is 16.3. The Balaban J connectivity index is 1.98. The monoisotopic (exact) mass is 435 g/mol. The Hall–Kier alpha value is -2.80. The quantitative estimate of drug-likeness (QED) is 0.645. The highest BCUT2D eigenvalue weighted by Gasteiger charge is 2.32. The van der Waals surface area contributed by atoms with Crippen LogP contribution >= 0.6 is 11.6 Å². The number of halogens is 4. The summed E-state index contributed by atoms with van der Waals surface area (Å²) < 4.78 is 39.0. The Morgan fingerprint density at radius 3 is 2.37 bits per heavy atom. The van der Waals surface area contributed by atoms with Crippen LogP contribution in [0.4, 0.5) is 18.9 Å². The van der Waals surface area contributed by atoms with E-state index in [1.165, 1.54) is 0 Å². The third-order valence-electron chi connectivity index (χ3n) is 4.95. The van der Waals surface area contributed by atoms with Crippen molar-refractivity contribution >= 4 is 28.9 Å². The number of aliphatic imine (C=N–C) groups is 1. The lowest BCUT2D eigenvalue weighted by molar-refractivity contribution is -0.0925. The number of nitrogens with zero attached hydrogens (tertiary/aromatic N) is 2. The minimum atomic E-state index is -4.69. The summed E-state index contributed by atoms with van der Waals surface area (Å²) in [5.41, 5.74) is 5.10. The smallest absolute Gasteiger partial charge is 0.395 e. The summed E-state index contributed by atoms with van der Waals surface area (Å²) in [5, 5.41) is 0.295. The minimum absolute atomic E-state index is 0.00790. The van der Waals surface area contributed by atoms with E-state index in [4.69, 9.17) is 17.3 Å². The molecule has 0 radical (unpaired) electrons. The molecule has 158 valence electrons. The van der Waals surface area contributed by atoms with Crippen LogP contribution in [-0.2, 0) is 0 Å². The van der Waals surface area contributed by atoms with Crippen molar-refractivity contribution in [3.05, 3.63) is 76.5 Å². The molecule has 1 heterocycles. The topological polar surface area (TPSA) is 58.7 Å². The fraction of sp³-hybridized carbons (Fsp3) is 0.273. The number of nitrogens with two attached hydrogens (primary N) is 1. The summed E-state index contributed by atoms with van der Waals surface area (Å²) in [6, 6.07) is 13.0. The maximum absolute atomic E-state index is 13.0. The molecule has 2 N–H and O–H groups in total. The summed E-state index contributed by atoms with van der Waals surface area (Å²) >= 11 is 6.10. The lowest BCUT2D eigenvalue weighted by Gasteiger charge is -2.21. The van der Waals surface area contributed by atoms with E-state index in [-0.39, 0.29) is 17.7 Å². The van der Waals surface area contributed by atoms with E-state index in [0.717, 1.165) is 18.9 Å². The van der Waals surface area contributed by atoms with E-state index in [1.807, 2.05) is 6.92 Å². The molecule has 1 aliphatic heterocycles. The number of benzene rings is 2. The van der Waals surface area contributed by atoms with Gasteiger partial charge in [0, 0.05) is 23.7 Å². The van der Waals surface area contributed by atoms with Gasteiger partial charge in [-0.25, -0.2) is 4.99 Å². The molecule has 0 aliphatic carbocycles. The molecule has 1 fully saturated rings. The summed E-state index contributed by atoms with van der Waals surface area (Å²) in [6.07, 6.45) is -2.01. The van der Waals surface area contributed by atoms with Gasteiger partial charge in [-0.05, 0) is 50.1 Å². The Labute approximate surface area is 177 Å². The van der Waals surface area contributed by atoms with Crippen LogP contribution in [0.2, 0.25) is 5.02 Å². The van der Waals surface area contributed by atoms with Crippen LogP contribution in [0, 0.1) is 0 Å². The molecule has 0 spiro atoms. The van der Waals surface area contributed by atoms with Crippen molar-refractivity contribution in [3.63, 3.8) is 0 Å². The largest absolute Gasteiger partial charge is 0.430 e. The molecule has 1 amide bonds. The SMILES string of the molecule is CC1CCCN1C(=O)c1ccc(C(C=C(N)C(F)(F)F)=Nc2ccccc2Cl)cc1. The summed E-state index contributed by atoms with van der Waals surface area (Å²) in [4.78, 5) is 18.8. The second-order valence-corrected chi connectivity index (χ2v) is 7.52. The maximum Gasteiger partial charge on any atom is 0.430 e. The average Bonchev–Trinajstić information content (AvgIpc) is 3.13. The standard InChI is InChI=1S/C22H21ClF3N3O/c1-14-5-4-12-29(14)21(30)16-10-8-15(9-11-16)19(13-20(27)22(24,25)26)28-18-7-3-2-6-17(18)23/h2-3,6-11,13-14H,4-5,12,27H2,1H3. The molecule has 2 aromatic carbocycles. The van der Waals surface area contributed by atoms with Crippen LogP contribution in [0.1, 0.15) is 35.7 Å². The van der Waals surface area contributed by atoms with Crippen molar-refractivity contribution < 1.29 is 18.0 Å². The highest BCUT2D eigenvalue weighted by Crippen LogP contribution is 2.27. The average molecular weight is 436 g/mol. The van der Waals surface area contributed by atoms with Gasteiger partial charge in [-0.1, -0.05) is 35.9 Å². The van der Waals surface area contributed by atoms with Crippen LogP contribution in [0.5, 0.6) is 0 Å². The molecule has 4 nitrogen and oxygen atoms in total. The maximum atomic E-state index is 13.0. The first kappa shape index (κ1) is 21.9. The molecule has 1 unspecified atom stereocenters. The van der Waals surface area contributed by atoms with Crippen molar-refractivity contribution in [1.29, 1.82) is 0 Å². The number of amides is 1. The number of hydrogen-bond donors (Lipinski definition) is 1. The fourth-order valence-electron chi connectivity index (χ4n) is 3.27. The van der Waals surface area contributed by atoms with E-state index in [9.17, 15) is 18.0 Å². The molecule has 8 heteroatoms. The Bertz CT molecular complexity index is 984. The highest BCUT2D eigenvalue weighted by atomic mass is 35.5. The second kappa shape index (κ2) is 8.92. The van der Waals surface area contributed by atoms with Crippen LogP contribution in [-0.4, -0.2) is 35.3 Å². The molecule has 1 saturated heterocycles. The number of allylic oxidation sites excluding steroid dienone is 2. The first-order valence-corrected chi connectivity index (χ1v) is 9.83. The van der Waals surface area contributed by atoms with Crippen molar-refractivity contribution in [2.45, 2.75) is 32.0 Å². The van der Waals surface area contributed by atoms with Gasteiger partial charge in [0.1, 0.15) is 5.70 Å². The summed E-state index contributed by atoms with van der Waals surface area (Å²) in [7, 11) is 0. The number of alkyl halides is 3. The van der Waals surface area contributed by atoms with Gasteiger partial charge >= 0.3 is 6.18 Å². The van der Waals surface area contributed by atoms with Gasteiger partial charge in [0.2, 0.25) is 0 Å². The zero-order valence-corrected chi connectivity index (χ0v) is 17.0. The van der Waals surface area contributed by atoms with E-state index in [1.54, 1.807) is 53.4 Å². The molecule has 0 aromatic heterocycles. The van der Waals surface area contributed by atoms with E-state index in [0.29, 0.717) is 28.4 Å². The lowest BCUT2D eigenvalue weighted by atomic mass is 10.0. The van der Waals surface area contributed by atoms with Crippen molar-refractivity contribution in [2.75, 3.05) is 6.54 Å². The Morgan fingerprint density at radius 2 is 1.80 bits per heavy atom. The van der Waals surface area contributed by atoms with E-state index in [2.05, 4.69) is 4.99 Å². The van der Waals surface area contributed by atoms with Gasteiger partial charge in [-0.15, -0.1) is 0 Å². The predicted octanol–water partition coefficient (Wildman–Crippen LogP) is 5.49. The first-order valence-electron chi connectivity index (χ1n) is 9.46. The summed E-state index contributed by atoms with van der Waals surface area (Å²) in [6.45, 7) is 2.70. The zero-order chi connectivity index (χ0) is 21.9. The van der Waals surface area contributed by atoms with Crippen molar-refractivity contribution in [3.8, 4) is 0 Å². The molecule has 2 aromatic rings. The molecule has 30 heavy (non-hydrogen) atoms. The number of carbonyl (C=O) groups is 1. The summed E-state index contributed by atoms with van der Waals surface area (Å²) in [5.74, 6) is -0.0958. The van der Waals surface area contributed by atoms with E-state index < -0.39 is 11.9 Å².